The summed E-state index contributed by atoms with van der Waals surface area (Å²) < 4.78 is 2.15. The number of benzene rings is 1. The zero-order valence-corrected chi connectivity index (χ0v) is 10.6. The molecule has 18 heavy (non-hydrogen) atoms. The predicted molar refractivity (Wildman–Crippen MR) is 70.9 cm³/mol. The smallest absolute Gasteiger partial charge is 0.0678 e. The van der Waals surface area contributed by atoms with Gasteiger partial charge >= 0.3 is 0 Å². The Morgan fingerprint density at radius 2 is 2.17 bits per heavy atom. The van der Waals surface area contributed by atoms with Gasteiger partial charge in [-0.1, -0.05) is 18.2 Å². The highest BCUT2D eigenvalue weighted by atomic mass is 15.3. The highest BCUT2D eigenvalue weighted by molar-refractivity contribution is 5.43. The monoisotopic (exact) mass is 239 g/mol. The molecule has 92 valence electrons. The minimum Gasteiger partial charge on any atom is -0.307 e. The third-order valence-electron chi connectivity index (χ3n) is 4.30. The van der Waals surface area contributed by atoms with Crippen LogP contribution in [0, 0.1) is 6.92 Å². The third-order valence-corrected chi connectivity index (χ3v) is 4.30. The summed E-state index contributed by atoms with van der Waals surface area (Å²) in [5, 5.41) is 8.30. The van der Waals surface area contributed by atoms with Crippen molar-refractivity contribution in [2.75, 3.05) is 0 Å². The zero-order valence-electron chi connectivity index (χ0n) is 10.6. The Hall–Kier alpha value is -1.61. The molecular formula is C15H17N3. The number of para-hydroxylation sites is 1. The fourth-order valence-corrected chi connectivity index (χ4v) is 3.35. The molecule has 1 saturated heterocycles. The fraction of sp³-hybridized carbons (Fsp3) is 0.400. The third kappa shape index (κ3) is 1.37. The van der Waals surface area contributed by atoms with E-state index in [0.29, 0.717) is 12.1 Å². The molecule has 3 heterocycles. The van der Waals surface area contributed by atoms with Crippen LogP contribution in [0.15, 0.2) is 30.5 Å². The number of hydrogen-bond acceptors (Lipinski definition) is 2. The second-order valence-electron chi connectivity index (χ2n) is 5.44. The number of nitrogens with one attached hydrogen (secondary N) is 1. The van der Waals surface area contributed by atoms with Crippen LogP contribution in [0.5, 0.6) is 0 Å². The first-order valence-corrected chi connectivity index (χ1v) is 6.72. The minimum absolute atomic E-state index is 0.538. The number of aryl methyl sites for hydroxylation is 1. The summed E-state index contributed by atoms with van der Waals surface area (Å²) in [5.74, 6) is 0. The number of aromatic nitrogens is 2. The first-order valence-electron chi connectivity index (χ1n) is 6.72. The van der Waals surface area contributed by atoms with Crippen molar-refractivity contribution >= 4 is 0 Å². The van der Waals surface area contributed by atoms with Crippen LogP contribution >= 0.6 is 0 Å². The molecule has 1 aromatic heterocycles. The SMILES string of the molecule is Cc1ccccc1-n1ncc2c1CC1CCC2N1. The Labute approximate surface area is 107 Å². The fourth-order valence-electron chi connectivity index (χ4n) is 3.35. The maximum atomic E-state index is 4.62. The van der Waals surface area contributed by atoms with Gasteiger partial charge in [-0.05, 0) is 31.4 Å². The molecular weight excluding hydrogens is 222 g/mol. The van der Waals surface area contributed by atoms with Crippen molar-refractivity contribution in [3.05, 3.63) is 47.3 Å². The average molecular weight is 239 g/mol. The molecule has 1 aromatic carbocycles. The van der Waals surface area contributed by atoms with Crippen molar-refractivity contribution in [1.82, 2.24) is 15.1 Å². The van der Waals surface area contributed by atoms with Gasteiger partial charge in [-0.2, -0.15) is 5.10 Å². The molecule has 2 aliphatic heterocycles. The van der Waals surface area contributed by atoms with Crippen LogP contribution in [0.4, 0.5) is 0 Å². The summed E-state index contributed by atoms with van der Waals surface area (Å²) in [6.45, 7) is 2.15. The molecule has 1 N–H and O–H groups in total. The molecule has 0 aliphatic carbocycles. The Kier molecular flexibility index (Phi) is 2.12. The van der Waals surface area contributed by atoms with Crippen molar-refractivity contribution in [3.8, 4) is 5.69 Å². The average Bonchev–Trinajstić information content (AvgIpc) is 2.96. The summed E-state index contributed by atoms with van der Waals surface area (Å²) in [4.78, 5) is 0. The van der Waals surface area contributed by atoms with E-state index in [4.69, 9.17) is 0 Å². The van der Waals surface area contributed by atoms with E-state index in [9.17, 15) is 0 Å². The van der Waals surface area contributed by atoms with E-state index in [0.717, 1.165) is 6.42 Å². The Morgan fingerprint density at radius 3 is 3.06 bits per heavy atom. The van der Waals surface area contributed by atoms with E-state index >= 15 is 0 Å². The van der Waals surface area contributed by atoms with Crippen molar-refractivity contribution < 1.29 is 0 Å². The van der Waals surface area contributed by atoms with Crippen LogP contribution in [-0.2, 0) is 6.42 Å². The lowest BCUT2D eigenvalue weighted by Gasteiger charge is -2.22. The van der Waals surface area contributed by atoms with Crippen LogP contribution in [0.3, 0.4) is 0 Å². The molecule has 2 atom stereocenters. The second kappa shape index (κ2) is 3.69. The summed E-state index contributed by atoms with van der Waals surface area (Å²) in [6.07, 6.45) is 5.73. The normalized spacial score (nSPS) is 25.2. The molecule has 0 saturated carbocycles. The standard InChI is InChI=1S/C15H17N3/c1-10-4-2-3-5-14(10)18-15-8-11-6-7-13(17-11)12(15)9-16-18/h2-5,9,11,13,17H,6-8H2,1H3. The lowest BCUT2D eigenvalue weighted by Crippen LogP contribution is -2.32. The molecule has 2 aliphatic rings. The molecule has 2 bridgehead atoms. The molecule has 3 heteroatoms. The van der Waals surface area contributed by atoms with Gasteiger partial charge in [0.05, 0.1) is 17.6 Å². The number of hydrogen-bond donors (Lipinski definition) is 1. The quantitative estimate of drug-likeness (QED) is 0.828. The van der Waals surface area contributed by atoms with Gasteiger partial charge in [0.25, 0.3) is 0 Å². The summed E-state index contributed by atoms with van der Waals surface area (Å²) >= 11 is 0. The molecule has 4 rings (SSSR count). The lowest BCUT2D eigenvalue weighted by atomic mass is 10.0. The Bertz CT molecular complexity index is 600. The maximum Gasteiger partial charge on any atom is 0.0678 e. The van der Waals surface area contributed by atoms with E-state index in [1.165, 1.54) is 35.3 Å². The van der Waals surface area contributed by atoms with Gasteiger partial charge in [0, 0.05) is 24.1 Å². The molecule has 2 unspecified atom stereocenters. The van der Waals surface area contributed by atoms with Gasteiger partial charge in [0.2, 0.25) is 0 Å². The number of nitrogens with zero attached hydrogens (tertiary/aromatic N) is 2. The van der Waals surface area contributed by atoms with Crippen LogP contribution in [0.2, 0.25) is 0 Å². The number of fused-ring (bicyclic) bond motifs is 4. The molecule has 3 nitrogen and oxygen atoms in total. The summed E-state index contributed by atoms with van der Waals surface area (Å²) in [6, 6.07) is 9.68. The van der Waals surface area contributed by atoms with E-state index in [-0.39, 0.29) is 0 Å². The van der Waals surface area contributed by atoms with Crippen LogP contribution in [-0.4, -0.2) is 15.8 Å². The predicted octanol–water partition coefficient (Wildman–Crippen LogP) is 2.53. The highest BCUT2D eigenvalue weighted by Crippen LogP contribution is 2.36. The largest absolute Gasteiger partial charge is 0.307 e. The number of rotatable bonds is 1. The first-order chi connectivity index (χ1) is 8.83. The topological polar surface area (TPSA) is 29.9 Å². The summed E-state index contributed by atoms with van der Waals surface area (Å²) in [5.41, 5.74) is 5.33. The maximum absolute atomic E-state index is 4.62. The van der Waals surface area contributed by atoms with E-state index in [2.05, 4.69) is 52.5 Å². The van der Waals surface area contributed by atoms with E-state index < -0.39 is 0 Å². The van der Waals surface area contributed by atoms with Gasteiger partial charge < -0.3 is 5.32 Å². The van der Waals surface area contributed by atoms with Gasteiger partial charge in [-0.3, -0.25) is 0 Å². The molecule has 0 amide bonds. The van der Waals surface area contributed by atoms with Crippen molar-refractivity contribution in [2.45, 2.75) is 38.3 Å². The first kappa shape index (κ1) is 10.3. The molecule has 2 aromatic rings. The van der Waals surface area contributed by atoms with Gasteiger partial charge in [-0.25, -0.2) is 4.68 Å². The van der Waals surface area contributed by atoms with Crippen LogP contribution < -0.4 is 5.32 Å². The minimum atomic E-state index is 0.538. The lowest BCUT2D eigenvalue weighted by molar-refractivity contribution is 0.504. The van der Waals surface area contributed by atoms with Crippen molar-refractivity contribution in [2.24, 2.45) is 0 Å². The van der Waals surface area contributed by atoms with Crippen molar-refractivity contribution in [3.63, 3.8) is 0 Å². The molecule has 0 spiro atoms. The summed E-state index contributed by atoms with van der Waals surface area (Å²) in [7, 11) is 0. The molecule has 1 fully saturated rings. The van der Waals surface area contributed by atoms with Crippen LogP contribution in [0.1, 0.15) is 35.7 Å². The van der Waals surface area contributed by atoms with Gasteiger partial charge in [-0.15, -0.1) is 0 Å². The highest BCUT2D eigenvalue weighted by Gasteiger charge is 2.34. The van der Waals surface area contributed by atoms with Crippen molar-refractivity contribution in [1.29, 1.82) is 0 Å². The van der Waals surface area contributed by atoms with E-state index in [1.807, 2.05) is 0 Å². The second-order valence-corrected chi connectivity index (χ2v) is 5.44. The molecule has 0 radical (unpaired) electrons. The Morgan fingerprint density at radius 1 is 1.28 bits per heavy atom. The Balaban J connectivity index is 1.87. The van der Waals surface area contributed by atoms with Crippen LogP contribution in [0.25, 0.3) is 5.69 Å². The zero-order chi connectivity index (χ0) is 12.1. The van der Waals surface area contributed by atoms with Gasteiger partial charge in [0.1, 0.15) is 0 Å². The van der Waals surface area contributed by atoms with Gasteiger partial charge in [0.15, 0.2) is 0 Å². The van der Waals surface area contributed by atoms with E-state index in [1.54, 1.807) is 0 Å².